The number of tetrazole rings is 1. The van der Waals surface area contributed by atoms with E-state index in [0.717, 1.165) is 5.82 Å². The van der Waals surface area contributed by atoms with Gasteiger partial charge in [-0.1, -0.05) is 0 Å². The zero-order valence-electron chi connectivity index (χ0n) is 6.44. The first-order chi connectivity index (χ1) is 5.38. The number of rotatable bonds is 3. The van der Waals surface area contributed by atoms with Crippen LogP contribution in [0.2, 0.25) is 0 Å². The van der Waals surface area contributed by atoms with Crippen LogP contribution >= 0.6 is 0 Å². The summed E-state index contributed by atoms with van der Waals surface area (Å²) in [6.07, 6.45) is 0.429. The van der Waals surface area contributed by atoms with Crippen molar-refractivity contribution in [2.45, 2.75) is 19.5 Å². The average Bonchev–Trinajstić information content (AvgIpc) is 2.47. The molecule has 0 atom stereocenters. The maximum absolute atomic E-state index is 8.28. The van der Waals surface area contributed by atoms with Gasteiger partial charge in [-0.3, -0.25) is 0 Å². The zero-order valence-corrected chi connectivity index (χ0v) is 7.20. The van der Waals surface area contributed by atoms with E-state index < -0.39 is 0 Å². The standard InChI is InChI=1S/C5H8N6.ClH/c6-2-1-3-11-5(4-7)8-9-10-11;/h1,3-4,7H2;1H. The summed E-state index contributed by atoms with van der Waals surface area (Å²) in [5.41, 5.74) is 3.65. The maximum atomic E-state index is 8.28. The van der Waals surface area contributed by atoms with Gasteiger partial charge < -0.3 is 18.1 Å². The van der Waals surface area contributed by atoms with Crippen LogP contribution in [0.15, 0.2) is 0 Å². The fraction of sp³-hybridized carbons (Fsp3) is 0.600. The second kappa shape index (κ2) is 5.46. The van der Waals surface area contributed by atoms with Crippen molar-refractivity contribution in [1.29, 1.82) is 5.26 Å². The van der Waals surface area contributed by atoms with E-state index in [-0.39, 0.29) is 12.4 Å². The first-order valence-electron chi connectivity index (χ1n) is 3.29. The van der Waals surface area contributed by atoms with Gasteiger partial charge in [0.2, 0.25) is 5.82 Å². The molecular weight excluding hydrogens is 180 g/mol. The molecule has 0 saturated carbocycles. The van der Waals surface area contributed by atoms with E-state index in [1.54, 1.807) is 4.68 Å². The predicted octanol–water partition coefficient (Wildman–Crippen LogP) is -4.67. The maximum Gasteiger partial charge on any atom is 0.206 e. The van der Waals surface area contributed by atoms with E-state index in [1.165, 1.54) is 0 Å². The van der Waals surface area contributed by atoms with Crippen molar-refractivity contribution in [3.8, 4) is 6.07 Å². The van der Waals surface area contributed by atoms with Crippen LogP contribution in [-0.2, 0) is 13.1 Å². The van der Waals surface area contributed by atoms with Crippen LogP contribution in [0.3, 0.4) is 0 Å². The van der Waals surface area contributed by atoms with Crippen molar-refractivity contribution in [1.82, 2.24) is 20.2 Å². The minimum Gasteiger partial charge on any atom is -1.00 e. The van der Waals surface area contributed by atoms with Crippen LogP contribution in [0.4, 0.5) is 0 Å². The van der Waals surface area contributed by atoms with Gasteiger partial charge >= 0.3 is 0 Å². The third-order valence-electron chi connectivity index (χ3n) is 1.27. The number of aromatic nitrogens is 4. The van der Waals surface area contributed by atoms with Crippen LogP contribution in [0, 0.1) is 11.3 Å². The Hall–Kier alpha value is -1.19. The van der Waals surface area contributed by atoms with Crippen LogP contribution < -0.4 is 18.1 Å². The molecule has 0 aliphatic heterocycles. The lowest BCUT2D eigenvalue weighted by Crippen LogP contribution is -3.00. The van der Waals surface area contributed by atoms with E-state index in [4.69, 9.17) is 5.26 Å². The number of nitriles is 1. The lowest BCUT2D eigenvalue weighted by atomic mass is 10.4. The molecule has 0 amide bonds. The Morgan fingerprint density at radius 3 is 2.92 bits per heavy atom. The van der Waals surface area contributed by atoms with E-state index in [0.29, 0.717) is 19.5 Å². The molecule has 7 heteroatoms. The Kier molecular flexibility index (Phi) is 4.92. The smallest absolute Gasteiger partial charge is 0.206 e. The van der Waals surface area contributed by atoms with Gasteiger partial charge in [-0.2, -0.15) is 5.26 Å². The molecule has 0 bridgehead atoms. The Morgan fingerprint density at radius 1 is 1.58 bits per heavy atom. The highest BCUT2D eigenvalue weighted by Gasteiger charge is 2.03. The predicted molar refractivity (Wildman–Crippen MR) is 34.6 cm³/mol. The minimum absolute atomic E-state index is 0. The van der Waals surface area contributed by atoms with Crippen LogP contribution in [0.25, 0.3) is 0 Å². The molecule has 0 aliphatic rings. The summed E-state index contributed by atoms with van der Waals surface area (Å²) in [6.45, 7) is 1.10. The van der Waals surface area contributed by atoms with Gasteiger partial charge in [-0.05, 0) is 10.4 Å². The highest BCUT2D eigenvalue weighted by molar-refractivity contribution is 4.78. The monoisotopic (exact) mass is 188 g/mol. The lowest BCUT2D eigenvalue weighted by Gasteiger charge is -1.94. The number of hydrogen-bond donors (Lipinski definition) is 1. The quantitative estimate of drug-likeness (QED) is 0.516. The number of quaternary nitrogens is 1. The molecule has 1 rings (SSSR count). The fourth-order valence-corrected chi connectivity index (χ4v) is 0.732. The molecule has 0 aliphatic carbocycles. The van der Waals surface area contributed by atoms with Gasteiger partial charge in [0.05, 0.1) is 19.0 Å². The zero-order chi connectivity index (χ0) is 8.10. The first-order valence-corrected chi connectivity index (χ1v) is 3.29. The summed E-state index contributed by atoms with van der Waals surface area (Å²) in [5, 5.41) is 19.1. The molecule has 0 unspecified atom stereocenters. The van der Waals surface area contributed by atoms with Crippen molar-refractivity contribution in [3.05, 3.63) is 5.82 Å². The number of hydrogen-bond acceptors (Lipinski definition) is 4. The van der Waals surface area contributed by atoms with Crippen molar-refractivity contribution in [3.63, 3.8) is 0 Å². The molecule has 0 spiro atoms. The molecule has 3 N–H and O–H groups in total. The van der Waals surface area contributed by atoms with Crippen molar-refractivity contribution >= 4 is 0 Å². The summed E-state index contributed by atoms with van der Waals surface area (Å²) < 4.78 is 1.59. The molecule has 0 aromatic carbocycles. The summed E-state index contributed by atoms with van der Waals surface area (Å²) in [4.78, 5) is 0. The largest absolute Gasteiger partial charge is 1.00 e. The molecule has 0 radical (unpaired) electrons. The summed E-state index contributed by atoms with van der Waals surface area (Å²) >= 11 is 0. The Balaban J connectivity index is 0.00000121. The molecule has 66 valence electrons. The van der Waals surface area contributed by atoms with E-state index >= 15 is 0 Å². The molecule has 0 fully saturated rings. The first kappa shape index (κ1) is 10.8. The van der Waals surface area contributed by atoms with Gasteiger partial charge in [0.1, 0.15) is 6.54 Å². The highest BCUT2D eigenvalue weighted by atomic mass is 35.5. The van der Waals surface area contributed by atoms with Crippen LogP contribution in [0.1, 0.15) is 12.2 Å². The van der Waals surface area contributed by atoms with Crippen molar-refractivity contribution < 1.29 is 18.1 Å². The van der Waals surface area contributed by atoms with E-state index in [1.807, 2.05) is 6.07 Å². The molecule has 12 heavy (non-hydrogen) atoms. The molecule has 1 aromatic heterocycles. The van der Waals surface area contributed by atoms with Gasteiger partial charge in [-0.25, -0.2) is 4.68 Å². The second-order valence-electron chi connectivity index (χ2n) is 1.98. The minimum atomic E-state index is 0. The Labute approximate surface area is 75.8 Å². The third kappa shape index (κ3) is 2.45. The topological polar surface area (TPSA) is 95.0 Å². The number of halogens is 1. The van der Waals surface area contributed by atoms with E-state index in [9.17, 15) is 0 Å². The molecular formula is C5H9ClN6. The summed E-state index contributed by atoms with van der Waals surface area (Å²) in [5.74, 6) is 0.722. The van der Waals surface area contributed by atoms with Gasteiger partial charge in [0.25, 0.3) is 0 Å². The van der Waals surface area contributed by atoms with Gasteiger partial charge in [-0.15, -0.1) is 5.10 Å². The molecule has 1 heterocycles. The summed E-state index contributed by atoms with van der Waals surface area (Å²) in [6, 6.07) is 2.02. The number of nitrogens with zero attached hydrogens (tertiary/aromatic N) is 5. The normalized spacial score (nSPS) is 8.67. The third-order valence-corrected chi connectivity index (χ3v) is 1.27. The Bertz CT molecular complexity index is 263. The average molecular weight is 189 g/mol. The lowest BCUT2D eigenvalue weighted by molar-refractivity contribution is -0.389. The molecule has 0 saturated heterocycles. The molecule has 6 nitrogen and oxygen atoms in total. The van der Waals surface area contributed by atoms with Crippen molar-refractivity contribution in [2.24, 2.45) is 0 Å². The highest BCUT2D eigenvalue weighted by Crippen LogP contribution is 1.90. The SMILES string of the molecule is N#CCCn1nnnc1C[NH3+].[Cl-]. The van der Waals surface area contributed by atoms with Crippen LogP contribution in [-0.4, -0.2) is 20.2 Å². The van der Waals surface area contributed by atoms with Crippen LogP contribution in [0.5, 0.6) is 0 Å². The Morgan fingerprint density at radius 2 is 2.33 bits per heavy atom. The second-order valence-corrected chi connectivity index (χ2v) is 1.98. The summed E-state index contributed by atoms with van der Waals surface area (Å²) in [7, 11) is 0. The van der Waals surface area contributed by atoms with Gasteiger partial charge in [0.15, 0.2) is 0 Å². The fourth-order valence-electron chi connectivity index (χ4n) is 0.732. The van der Waals surface area contributed by atoms with Gasteiger partial charge in [0, 0.05) is 0 Å². The van der Waals surface area contributed by atoms with E-state index in [2.05, 4.69) is 21.3 Å². The number of aryl methyl sites for hydroxylation is 1. The molecule has 1 aromatic rings. The van der Waals surface area contributed by atoms with Crippen molar-refractivity contribution in [2.75, 3.05) is 0 Å².